The first-order valence-corrected chi connectivity index (χ1v) is 5.54. The average molecular weight is 213 g/mol. The Morgan fingerprint density at radius 1 is 1.71 bits per heavy atom. The smallest absolute Gasteiger partial charge is 0.261 e. The van der Waals surface area contributed by atoms with Gasteiger partial charge < -0.3 is 10.4 Å². The number of carbonyl (C=O) groups excluding carboxylic acids is 1. The molecule has 0 radical (unpaired) electrons. The van der Waals surface area contributed by atoms with Crippen LogP contribution in [0, 0.1) is 5.92 Å². The van der Waals surface area contributed by atoms with Crippen LogP contribution >= 0.6 is 11.3 Å². The van der Waals surface area contributed by atoms with Crippen molar-refractivity contribution in [2.45, 2.75) is 13.3 Å². The molecule has 2 N–H and O–H groups in total. The van der Waals surface area contributed by atoms with Crippen LogP contribution in [0.25, 0.3) is 0 Å². The molecule has 0 fully saturated rings. The molecule has 1 rings (SSSR count). The number of hydrogen-bond donors (Lipinski definition) is 2. The van der Waals surface area contributed by atoms with E-state index in [2.05, 4.69) is 5.32 Å². The summed E-state index contributed by atoms with van der Waals surface area (Å²) in [5.41, 5.74) is 0. The van der Waals surface area contributed by atoms with Crippen molar-refractivity contribution in [2.24, 2.45) is 5.92 Å². The molecule has 0 aliphatic carbocycles. The zero-order chi connectivity index (χ0) is 10.4. The molecule has 1 aromatic rings. The maximum absolute atomic E-state index is 11.5. The second kappa shape index (κ2) is 5.78. The molecule has 14 heavy (non-hydrogen) atoms. The van der Waals surface area contributed by atoms with Gasteiger partial charge in [-0.1, -0.05) is 13.0 Å². The molecule has 0 bridgehead atoms. The predicted octanol–water partition coefficient (Wildman–Crippen LogP) is 1.50. The summed E-state index contributed by atoms with van der Waals surface area (Å²) < 4.78 is 0. The molecule has 3 nitrogen and oxygen atoms in total. The fraction of sp³-hybridized carbons (Fsp3) is 0.500. The summed E-state index contributed by atoms with van der Waals surface area (Å²) in [6.45, 7) is 2.80. The highest BCUT2D eigenvalue weighted by Crippen LogP contribution is 2.08. The number of aliphatic hydroxyl groups is 1. The van der Waals surface area contributed by atoms with Crippen molar-refractivity contribution >= 4 is 17.2 Å². The van der Waals surface area contributed by atoms with Crippen molar-refractivity contribution in [3.8, 4) is 0 Å². The van der Waals surface area contributed by atoms with Gasteiger partial charge in [-0.2, -0.15) is 0 Å². The molecule has 0 aliphatic heterocycles. The minimum atomic E-state index is -0.0233. The zero-order valence-electron chi connectivity index (χ0n) is 8.19. The largest absolute Gasteiger partial charge is 0.396 e. The lowest BCUT2D eigenvalue weighted by Gasteiger charge is -2.09. The van der Waals surface area contributed by atoms with E-state index in [1.165, 1.54) is 11.3 Å². The van der Waals surface area contributed by atoms with Gasteiger partial charge in [-0.3, -0.25) is 4.79 Å². The van der Waals surface area contributed by atoms with E-state index in [1.54, 1.807) is 6.07 Å². The van der Waals surface area contributed by atoms with Gasteiger partial charge in [-0.15, -0.1) is 11.3 Å². The van der Waals surface area contributed by atoms with Crippen molar-refractivity contribution < 1.29 is 9.90 Å². The lowest BCUT2D eigenvalue weighted by Crippen LogP contribution is -2.27. The van der Waals surface area contributed by atoms with Gasteiger partial charge in [0.05, 0.1) is 4.88 Å². The molecule has 1 atom stereocenters. The van der Waals surface area contributed by atoms with E-state index >= 15 is 0 Å². The van der Waals surface area contributed by atoms with Crippen LogP contribution in [0.5, 0.6) is 0 Å². The Morgan fingerprint density at radius 3 is 3.07 bits per heavy atom. The van der Waals surface area contributed by atoms with Gasteiger partial charge in [0.25, 0.3) is 5.91 Å². The van der Waals surface area contributed by atoms with Gasteiger partial charge in [-0.05, 0) is 23.8 Å². The van der Waals surface area contributed by atoms with Crippen molar-refractivity contribution in [3.63, 3.8) is 0 Å². The Kier molecular flexibility index (Phi) is 4.62. The van der Waals surface area contributed by atoms with Crippen molar-refractivity contribution in [3.05, 3.63) is 22.4 Å². The summed E-state index contributed by atoms with van der Waals surface area (Å²) in [5.74, 6) is 0.300. The third kappa shape index (κ3) is 3.47. The van der Waals surface area contributed by atoms with E-state index < -0.39 is 0 Å². The second-order valence-electron chi connectivity index (χ2n) is 3.30. The van der Waals surface area contributed by atoms with Crippen LogP contribution in [-0.4, -0.2) is 24.2 Å². The van der Waals surface area contributed by atoms with Gasteiger partial charge in [0.15, 0.2) is 0 Å². The highest BCUT2D eigenvalue weighted by atomic mass is 32.1. The third-order valence-corrected chi connectivity index (χ3v) is 2.85. The monoisotopic (exact) mass is 213 g/mol. The molecule has 1 aromatic heterocycles. The summed E-state index contributed by atoms with van der Waals surface area (Å²) >= 11 is 1.43. The molecule has 78 valence electrons. The molecule has 0 saturated carbocycles. The lowest BCUT2D eigenvalue weighted by molar-refractivity contribution is 0.0949. The number of aliphatic hydroxyl groups excluding tert-OH is 1. The quantitative estimate of drug-likeness (QED) is 0.778. The molecule has 1 unspecified atom stereocenters. The van der Waals surface area contributed by atoms with Crippen LogP contribution in [0.1, 0.15) is 23.0 Å². The minimum Gasteiger partial charge on any atom is -0.396 e. The molecular formula is C10H15NO2S. The second-order valence-corrected chi connectivity index (χ2v) is 4.25. The lowest BCUT2D eigenvalue weighted by atomic mass is 10.1. The summed E-state index contributed by atoms with van der Waals surface area (Å²) in [4.78, 5) is 12.2. The number of rotatable bonds is 5. The highest BCUT2D eigenvalue weighted by Gasteiger charge is 2.07. The maximum atomic E-state index is 11.5. The maximum Gasteiger partial charge on any atom is 0.261 e. The Bertz CT molecular complexity index is 272. The van der Waals surface area contributed by atoms with E-state index in [1.807, 2.05) is 18.4 Å². The number of thiophene rings is 1. The van der Waals surface area contributed by atoms with Crippen LogP contribution < -0.4 is 5.32 Å². The Morgan fingerprint density at radius 2 is 2.50 bits per heavy atom. The average Bonchev–Trinajstić information content (AvgIpc) is 2.67. The van der Waals surface area contributed by atoms with E-state index in [9.17, 15) is 4.79 Å². The van der Waals surface area contributed by atoms with E-state index in [0.717, 1.165) is 11.3 Å². The molecule has 1 amide bonds. The SMILES string of the molecule is CC(CCO)CNC(=O)c1cccs1. The summed E-state index contributed by atoms with van der Waals surface area (Å²) in [7, 11) is 0. The molecule has 0 saturated heterocycles. The van der Waals surface area contributed by atoms with Crippen LogP contribution in [-0.2, 0) is 0 Å². The highest BCUT2D eigenvalue weighted by molar-refractivity contribution is 7.12. The number of nitrogens with one attached hydrogen (secondary N) is 1. The van der Waals surface area contributed by atoms with Gasteiger partial charge in [0.2, 0.25) is 0 Å². The van der Waals surface area contributed by atoms with Crippen molar-refractivity contribution in [1.82, 2.24) is 5.32 Å². The van der Waals surface area contributed by atoms with Crippen LogP contribution in [0.2, 0.25) is 0 Å². The number of hydrogen-bond acceptors (Lipinski definition) is 3. The van der Waals surface area contributed by atoms with Crippen LogP contribution in [0.4, 0.5) is 0 Å². The first kappa shape index (κ1) is 11.2. The Labute approximate surface area is 87.8 Å². The van der Waals surface area contributed by atoms with Gasteiger partial charge in [0, 0.05) is 13.2 Å². The van der Waals surface area contributed by atoms with E-state index in [-0.39, 0.29) is 12.5 Å². The molecule has 0 aliphatic rings. The van der Waals surface area contributed by atoms with Crippen molar-refractivity contribution in [1.29, 1.82) is 0 Å². The van der Waals surface area contributed by atoms with Crippen LogP contribution in [0.15, 0.2) is 17.5 Å². The molecular weight excluding hydrogens is 198 g/mol. The van der Waals surface area contributed by atoms with Crippen molar-refractivity contribution in [2.75, 3.05) is 13.2 Å². The minimum absolute atomic E-state index is 0.0233. The molecule has 1 heterocycles. The van der Waals surface area contributed by atoms with E-state index in [0.29, 0.717) is 12.5 Å². The van der Waals surface area contributed by atoms with Crippen LogP contribution in [0.3, 0.4) is 0 Å². The standard InChI is InChI=1S/C10H15NO2S/c1-8(4-5-12)7-11-10(13)9-3-2-6-14-9/h2-3,6,8,12H,4-5,7H2,1H3,(H,11,13). The third-order valence-electron chi connectivity index (χ3n) is 1.98. The fourth-order valence-corrected chi connectivity index (χ4v) is 1.72. The summed E-state index contributed by atoms with van der Waals surface area (Å²) in [6.07, 6.45) is 0.727. The normalized spacial score (nSPS) is 12.4. The number of carbonyl (C=O) groups is 1. The molecule has 0 spiro atoms. The van der Waals surface area contributed by atoms with Gasteiger partial charge >= 0.3 is 0 Å². The number of amides is 1. The zero-order valence-corrected chi connectivity index (χ0v) is 9.01. The van der Waals surface area contributed by atoms with Gasteiger partial charge in [0.1, 0.15) is 0 Å². The fourth-order valence-electron chi connectivity index (χ4n) is 1.08. The first-order valence-electron chi connectivity index (χ1n) is 4.66. The van der Waals surface area contributed by atoms with Gasteiger partial charge in [-0.25, -0.2) is 0 Å². The first-order chi connectivity index (χ1) is 6.74. The summed E-state index contributed by atoms with van der Waals surface area (Å²) in [6, 6.07) is 3.66. The molecule has 4 heteroatoms. The Balaban J connectivity index is 2.28. The van der Waals surface area contributed by atoms with E-state index in [4.69, 9.17) is 5.11 Å². The topological polar surface area (TPSA) is 49.3 Å². The summed E-state index contributed by atoms with van der Waals surface area (Å²) in [5, 5.41) is 13.4. The predicted molar refractivity (Wildman–Crippen MR) is 57.5 cm³/mol. The molecule has 0 aromatic carbocycles. The Hall–Kier alpha value is -0.870.